The zero-order valence-electron chi connectivity index (χ0n) is 13.7. The Kier molecular flexibility index (Phi) is 6.40. The van der Waals surface area contributed by atoms with Gasteiger partial charge in [0, 0.05) is 38.2 Å². The van der Waals surface area contributed by atoms with Gasteiger partial charge in [-0.2, -0.15) is 0 Å². The topological polar surface area (TPSA) is 52.6 Å². The number of amides is 1. The summed E-state index contributed by atoms with van der Waals surface area (Å²) in [4.78, 5) is 14.3. The molecule has 1 amide bonds. The van der Waals surface area contributed by atoms with Crippen LogP contribution in [0, 0.1) is 0 Å². The zero-order chi connectivity index (χ0) is 15.9. The van der Waals surface area contributed by atoms with E-state index in [2.05, 4.69) is 34.5 Å². The fourth-order valence-electron chi connectivity index (χ4n) is 3.25. The van der Waals surface area contributed by atoms with Gasteiger partial charge in [-0.05, 0) is 44.2 Å². The monoisotopic (exact) mass is 304 g/mol. The van der Waals surface area contributed by atoms with E-state index in [-0.39, 0.29) is 18.6 Å². The van der Waals surface area contributed by atoms with E-state index in [9.17, 15) is 4.79 Å². The predicted molar refractivity (Wildman–Crippen MR) is 88.7 cm³/mol. The van der Waals surface area contributed by atoms with Crippen molar-refractivity contribution >= 4 is 5.91 Å². The molecule has 1 aromatic rings. The highest BCUT2D eigenvalue weighted by molar-refractivity contribution is 5.76. The molecule has 0 aromatic heterocycles. The van der Waals surface area contributed by atoms with Gasteiger partial charge in [0.15, 0.2) is 0 Å². The largest absolute Gasteiger partial charge is 0.396 e. The number of rotatable bonds is 8. The Labute approximate surface area is 133 Å². The highest BCUT2D eigenvalue weighted by Gasteiger charge is 2.27. The molecule has 0 spiro atoms. The lowest BCUT2D eigenvalue weighted by Gasteiger charge is -2.29. The minimum atomic E-state index is 0.107. The van der Waals surface area contributed by atoms with Crippen molar-refractivity contribution in [1.29, 1.82) is 0 Å². The number of hydrogen-bond acceptors (Lipinski definition) is 3. The van der Waals surface area contributed by atoms with Gasteiger partial charge in [0.05, 0.1) is 0 Å². The Hall–Kier alpha value is -1.39. The van der Waals surface area contributed by atoms with Crippen molar-refractivity contribution in [2.24, 2.45) is 0 Å². The lowest BCUT2D eigenvalue weighted by atomic mass is 10.1. The summed E-state index contributed by atoms with van der Waals surface area (Å²) in [7, 11) is 0. The van der Waals surface area contributed by atoms with Crippen LogP contribution in [0.25, 0.3) is 0 Å². The molecular weight excluding hydrogens is 276 g/mol. The van der Waals surface area contributed by atoms with Crippen LogP contribution in [-0.2, 0) is 11.2 Å². The second-order valence-corrected chi connectivity index (χ2v) is 6.34. The number of carbonyl (C=O) groups excluding carboxylic acids is 1. The van der Waals surface area contributed by atoms with Crippen molar-refractivity contribution < 1.29 is 9.90 Å². The van der Waals surface area contributed by atoms with Gasteiger partial charge in [0.1, 0.15) is 0 Å². The van der Waals surface area contributed by atoms with Gasteiger partial charge in [-0.1, -0.05) is 24.3 Å². The van der Waals surface area contributed by atoms with E-state index >= 15 is 0 Å². The summed E-state index contributed by atoms with van der Waals surface area (Å²) in [6.07, 6.45) is 3.48. The summed E-state index contributed by atoms with van der Waals surface area (Å²) in [6.45, 7) is 5.74. The summed E-state index contributed by atoms with van der Waals surface area (Å²) in [5, 5.41) is 12.1. The van der Waals surface area contributed by atoms with Gasteiger partial charge >= 0.3 is 0 Å². The Bertz CT molecular complexity index is 488. The van der Waals surface area contributed by atoms with Crippen LogP contribution < -0.4 is 5.32 Å². The molecule has 0 heterocycles. The molecule has 4 heteroatoms. The summed E-state index contributed by atoms with van der Waals surface area (Å²) in [5.74, 6) is 0.107. The minimum Gasteiger partial charge on any atom is -0.396 e. The van der Waals surface area contributed by atoms with Crippen molar-refractivity contribution in [3.63, 3.8) is 0 Å². The average Bonchev–Trinajstić information content (AvgIpc) is 2.91. The van der Waals surface area contributed by atoms with Gasteiger partial charge in [-0.15, -0.1) is 0 Å². The Morgan fingerprint density at radius 3 is 2.86 bits per heavy atom. The number of aliphatic hydroxyl groups excluding tert-OH is 1. The van der Waals surface area contributed by atoms with Crippen LogP contribution in [0.5, 0.6) is 0 Å². The number of benzene rings is 1. The molecule has 2 rings (SSSR count). The fourth-order valence-corrected chi connectivity index (χ4v) is 3.25. The maximum Gasteiger partial charge on any atom is 0.221 e. The van der Waals surface area contributed by atoms with Crippen molar-refractivity contribution in [3.8, 4) is 0 Å². The number of fused-ring (bicyclic) bond motifs is 1. The Balaban J connectivity index is 1.99. The molecule has 22 heavy (non-hydrogen) atoms. The molecule has 1 aliphatic rings. The minimum absolute atomic E-state index is 0.107. The maximum absolute atomic E-state index is 11.9. The molecule has 122 valence electrons. The van der Waals surface area contributed by atoms with Gasteiger partial charge in [0.2, 0.25) is 5.91 Å². The molecule has 1 aromatic carbocycles. The molecule has 0 saturated heterocycles. The first-order valence-electron chi connectivity index (χ1n) is 8.34. The van der Waals surface area contributed by atoms with E-state index in [4.69, 9.17) is 5.11 Å². The van der Waals surface area contributed by atoms with E-state index in [1.807, 2.05) is 13.8 Å². The van der Waals surface area contributed by atoms with Crippen molar-refractivity contribution in [2.45, 2.75) is 51.6 Å². The number of nitrogens with one attached hydrogen (secondary N) is 1. The lowest BCUT2D eigenvalue weighted by Crippen LogP contribution is -2.36. The molecular formula is C18H28N2O2. The second kappa shape index (κ2) is 8.30. The van der Waals surface area contributed by atoms with E-state index in [0.29, 0.717) is 12.5 Å². The predicted octanol–water partition coefficient (Wildman–Crippen LogP) is 2.27. The number of aryl methyl sites for hydroxylation is 1. The summed E-state index contributed by atoms with van der Waals surface area (Å²) < 4.78 is 0. The number of hydrogen-bond donors (Lipinski definition) is 2. The lowest BCUT2D eigenvalue weighted by molar-refractivity contribution is -0.122. The summed E-state index contributed by atoms with van der Waals surface area (Å²) in [5.41, 5.74) is 2.82. The molecule has 0 aliphatic heterocycles. The third kappa shape index (κ3) is 4.55. The van der Waals surface area contributed by atoms with Crippen molar-refractivity contribution in [2.75, 3.05) is 19.7 Å². The fraction of sp³-hybridized carbons (Fsp3) is 0.611. The van der Waals surface area contributed by atoms with Crippen LogP contribution in [0.2, 0.25) is 0 Å². The van der Waals surface area contributed by atoms with Crippen LogP contribution in [0.15, 0.2) is 24.3 Å². The van der Waals surface area contributed by atoms with Crippen LogP contribution >= 0.6 is 0 Å². The highest BCUT2D eigenvalue weighted by Crippen LogP contribution is 2.35. The summed E-state index contributed by atoms with van der Waals surface area (Å²) in [6, 6.07) is 9.15. The molecule has 1 atom stereocenters. The maximum atomic E-state index is 11.9. The molecule has 0 bridgehead atoms. The normalized spacial score (nSPS) is 17.0. The number of aliphatic hydroxyl groups is 1. The Morgan fingerprint density at radius 2 is 2.14 bits per heavy atom. The van der Waals surface area contributed by atoms with Crippen molar-refractivity contribution in [3.05, 3.63) is 35.4 Å². The van der Waals surface area contributed by atoms with Gasteiger partial charge in [-0.25, -0.2) is 0 Å². The molecule has 0 radical (unpaired) electrons. The van der Waals surface area contributed by atoms with Crippen LogP contribution in [0.4, 0.5) is 0 Å². The average molecular weight is 304 g/mol. The van der Waals surface area contributed by atoms with E-state index in [0.717, 1.165) is 32.4 Å². The highest BCUT2D eigenvalue weighted by atomic mass is 16.3. The van der Waals surface area contributed by atoms with Gasteiger partial charge < -0.3 is 10.4 Å². The molecule has 0 fully saturated rings. The van der Waals surface area contributed by atoms with E-state index < -0.39 is 0 Å². The van der Waals surface area contributed by atoms with Gasteiger partial charge in [0.25, 0.3) is 0 Å². The zero-order valence-corrected chi connectivity index (χ0v) is 13.7. The Morgan fingerprint density at radius 1 is 1.36 bits per heavy atom. The first-order chi connectivity index (χ1) is 10.6. The third-order valence-electron chi connectivity index (χ3n) is 4.22. The van der Waals surface area contributed by atoms with E-state index in [1.54, 1.807) is 0 Å². The van der Waals surface area contributed by atoms with Crippen LogP contribution in [0.3, 0.4) is 0 Å². The van der Waals surface area contributed by atoms with Crippen LogP contribution in [0.1, 0.15) is 50.3 Å². The van der Waals surface area contributed by atoms with Crippen molar-refractivity contribution in [1.82, 2.24) is 10.2 Å². The summed E-state index contributed by atoms with van der Waals surface area (Å²) >= 11 is 0. The smallest absolute Gasteiger partial charge is 0.221 e. The van der Waals surface area contributed by atoms with Gasteiger partial charge in [-0.3, -0.25) is 9.69 Å². The first kappa shape index (κ1) is 17.0. The van der Waals surface area contributed by atoms with E-state index in [1.165, 1.54) is 11.1 Å². The number of nitrogens with zero attached hydrogens (tertiary/aromatic N) is 1. The molecule has 0 saturated carbocycles. The SMILES string of the molecule is CC(C)NC(=O)CCN(CCCO)C1CCc2ccccc21. The number of carbonyl (C=O) groups is 1. The molecule has 4 nitrogen and oxygen atoms in total. The first-order valence-corrected chi connectivity index (χ1v) is 8.34. The second-order valence-electron chi connectivity index (χ2n) is 6.34. The molecule has 2 N–H and O–H groups in total. The van der Waals surface area contributed by atoms with Crippen LogP contribution in [-0.4, -0.2) is 41.7 Å². The molecule has 1 unspecified atom stereocenters. The third-order valence-corrected chi connectivity index (χ3v) is 4.22. The standard InChI is InChI=1S/C18H28N2O2/c1-14(2)19-18(22)10-12-20(11-5-13-21)17-9-8-15-6-3-4-7-16(15)17/h3-4,6-7,14,17,21H,5,8-13H2,1-2H3,(H,19,22). The molecule has 1 aliphatic carbocycles. The quantitative estimate of drug-likeness (QED) is 0.774.